The third kappa shape index (κ3) is 2.11. The van der Waals surface area contributed by atoms with Gasteiger partial charge >= 0.3 is 0 Å². The highest BCUT2D eigenvalue weighted by Crippen LogP contribution is 2.30. The number of carbonyl (C=O) groups is 1. The lowest BCUT2D eigenvalue weighted by atomic mass is 9.79. The Morgan fingerprint density at radius 3 is 2.67 bits per heavy atom. The maximum atomic E-state index is 12.1. The van der Waals surface area contributed by atoms with Crippen LogP contribution in [0.2, 0.25) is 0 Å². The molecule has 1 saturated carbocycles. The molecular weight excluding hydrogens is 184 g/mol. The van der Waals surface area contributed by atoms with E-state index in [1.54, 1.807) is 0 Å². The van der Waals surface area contributed by atoms with E-state index < -0.39 is 0 Å². The molecule has 0 saturated heterocycles. The smallest absolute Gasteiger partial charge is 0.166 e. The van der Waals surface area contributed by atoms with E-state index in [1.807, 2.05) is 18.2 Å². The third-order valence-corrected chi connectivity index (χ3v) is 3.28. The molecule has 0 aliphatic heterocycles. The zero-order valence-electron chi connectivity index (χ0n) is 9.33. The second kappa shape index (κ2) is 4.61. The molecule has 1 fully saturated rings. The normalized spacial score (nSPS) is 16.1. The minimum atomic E-state index is 0.322. The summed E-state index contributed by atoms with van der Waals surface area (Å²) in [7, 11) is 0. The molecule has 1 aromatic rings. The zero-order chi connectivity index (χ0) is 10.7. The van der Waals surface area contributed by atoms with Gasteiger partial charge in [-0.3, -0.25) is 4.79 Å². The topological polar surface area (TPSA) is 17.1 Å². The van der Waals surface area contributed by atoms with Gasteiger partial charge in [-0.05, 0) is 24.8 Å². The van der Waals surface area contributed by atoms with E-state index in [-0.39, 0.29) is 0 Å². The van der Waals surface area contributed by atoms with Gasteiger partial charge in [0, 0.05) is 11.5 Å². The molecule has 0 radical (unpaired) electrons. The molecule has 0 N–H and O–H groups in total. The second-order valence-corrected chi connectivity index (χ2v) is 4.40. The van der Waals surface area contributed by atoms with Gasteiger partial charge in [0.25, 0.3) is 0 Å². The van der Waals surface area contributed by atoms with Crippen molar-refractivity contribution in [2.24, 2.45) is 5.92 Å². The molecule has 80 valence electrons. The van der Waals surface area contributed by atoms with Gasteiger partial charge in [-0.2, -0.15) is 0 Å². The van der Waals surface area contributed by atoms with Gasteiger partial charge in [0.2, 0.25) is 0 Å². The van der Waals surface area contributed by atoms with Crippen molar-refractivity contribution >= 4 is 5.78 Å². The summed E-state index contributed by atoms with van der Waals surface area (Å²) >= 11 is 0. The second-order valence-electron chi connectivity index (χ2n) is 4.40. The largest absolute Gasteiger partial charge is 0.294 e. The van der Waals surface area contributed by atoms with Crippen molar-refractivity contribution in [3.05, 3.63) is 35.4 Å². The Bertz CT molecular complexity index is 350. The monoisotopic (exact) mass is 202 g/mol. The fraction of sp³-hybridized carbons (Fsp3) is 0.500. The maximum Gasteiger partial charge on any atom is 0.166 e. The Kier molecular flexibility index (Phi) is 3.20. The van der Waals surface area contributed by atoms with Crippen LogP contribution in [0.1, 0.15) is 48.5 Å². The molecule has 0 unspecified atom stereocenters. The molecule has 1 aromatic carbocycles. The Balaban J connectivity index is 2.21. The first kappa shape index (κ1) is 10.4. The van der Waals surface area contributed by atoms with Crippen molar-refractivity contribution in [1.29, 1.82) is 0 Å². The average Bonchev–Trinajstić information content (AvgIpc) is 2.16. The summed E-state index contributed by atoms with van der Waals surface area (Å²) in [5, 5.41) is 0. The van der Waals surface area contributed by atoms with Crippen molar-refractivity contribution in [3.8, 4) is 0 Å². The summed E-state index contributed by atoms with van der Waals surface area (Å²) in [6, 6.07) is 8.09. The lowest BCUT2D eigenvalue weighted by Gasteiger charge is -2.24. The predicted octanol–water partition coefficient (Wildman–Crippen LogP) is 3.62. The highest BCUT2D eigenvalue weighted by molar-refractivity contribution is 5.99. The zero-order valence-corrected chi connectivity index (χ0v) is 9.33. The Morgan fingerprint density at radius 1 is 1.33 bits per heavy atom. The van der Waals surface area contributed by atoms with E-state index >= 15 is 0 Å². The fourth-order valence-electron chi connectivity index (χ4n) is 2.14. The summed E-state index contributed by atoms with van der Waals surface area (Å²) < 4.78 is 0. The number of Topliss-reactive ketones (excluding diaryl/α,β-unsaturated/α-hetero) is 1. The molecule has 15 heavy (non-hydrogen) atoms. The van der Waals surface area contributed by atoms with Crippen LogP contribution in [0.25, 0.3) is 0 Å². The molecule has 0 aromatic heterocycles. The van der Waals surface area contributed by atoms with Crippen LogP contribution in [-0.4, -0.2) is 5.78 Å². The van der Waals surface area contributed by atoms with Crippen LogP contribution in [-0.2, 0) is 6.42 Å². The maximum absolute atomic E-state index is 12.1. The number of ketones is 1. The first-order chi connectivity index (χ1) is 7.33. The molecule has 0 amide bonds. The quantitative estimate of drug-likeness (QED) is 0.681. The molecular formula is C14H18O. The highest BCUT2D eigenvalue weighted by Gasteiger charge is 2.27. The number of benzene rings is 1. The summed E-state index contributed by atoms with van der Waals surface area (Å²) in [6.45, 7) is 2.16. The van der Waals surface area contributed by atoms with E-state index in [1.165, 1.54) is 12.0 Å². The standard InChI is InChI=1S/C14H18O/c1-2-6-11-7-3-4-10-13(11)14(15)12-8-5-9-12/h3-4,7,10,12H,2,5-6,8-9H2,1H3. The Morgan fingerprint density at radius 2 is 2.07 bits per heavy atom. The van der Waals surface area contributed by atoms with Gasteiger partial charge in [0.15, 0.2) is 5.78 Å². The summed E-state index contributed by atoms with van der Waals surface area (Å²) in [6.07, 6.45) is 5.55. The number of aryl methyl sites for hydroxylation is 1. The van der Waals surface area contributed by atoms with Crippen LogP contribution < -0.4 is 0 Å². The van der Waals surface area contributed by atoms with Gasteiger partial charge in [-0.15, -0.1) is 0 Å². The van der Waals surface area contributed by atoms with Crippen LogP contribution >= 0.6 is 0 Å². The number of carbonyl (C=O) groups excluding carboxylic acids is 1. The van der Waals surface area contributed by atoms with Crippen LogP contribution in [0, 0.1) is 5.92 Å². The lowest BCUT2D eigenvalue weighted by Crippen LogP contribution is -2.22. The summed E-state index contributed by atoms with van der Waals surface area (Å²) in [4.78, 5) is 12.1. The SMILES string of the molecule is CCCc1ccccc1C(=O)C1CCC1. The first-order valence-electron chi connectivity index (χ1n) is 5.95. The minimum absolute atomic E-state index is 0.322. The van der Waals surface area contributed by atoms with E-state index in [0.717, 1.165) is 31.2 Å². The molecule has 2 rings (SSSR count). The highest BCUT2D eigenvalue weighted by atomic mass is 16.1. The Labute approximate surface area is 91.5 Å². The summed E-state index contributed by atoms with van der Waals surface area (Å²) in [5.74, 6) is 0.702. The van der Waals surface area contributed by atoms with Crippen molar-refractivity contribution < 1.29 is 4.79 Å². The van der Waals surface area contributed by atoms with Gasteiger partial charge < -0.3 is 0 Å². The van der Waals surface area contributed by atoms with Crippen LogP contribution in [0.15, 0.2) is 24.3 Å². The van der Waals surface area contributed by atoms with Crippen molar-refractivity contribution in [1.82, 2.24) is 0 Å². The molecule has 0 spiro atoms. The van der Waals surface area contributed by atoms with Crippen LogP contribution in [0.3, 0.4) is 0 Å². The van der Waals surface area contributed by atoms with Gasteiger partial charge in [-0.1, -0.05) is 44.0 Å². The molecule has 0 bridgehead atoms. The number of rotatable bonds is 4. The van der Waals surface area contributed by atoms with Crippen LogP contribution in [0.4, 0.5) is 0 Å². The number of hydrogen-bond donors (Lipinski definition) is 0. The third-order valence-electron chi connectivity index (χ3n) is 3.28. The summed E-state index contributed by atoms with van der Waals surface area (Å²) in [5.41, 5.74) is 2.21. The van der Waals surface area contributed by atoms with E-state index in [0.29, 0.717) is 11.7 Å². The number of hydrogen-bond acceptors (Lipinski definition) is 1. The molecule has 1 nitrogen and oxygen atoms in total. The molecule has 0 atom stereocenters. The predicted molar refractivity (Wildman–Crippen MR) is 62.1 cm³/mol. The Hall–Kier alpha value is -1.11. The van der Waals surface area contributed by atoms with Gasteiger partial charge in [-0.25, -0.2) is 0 Å². The molecule has 0 heterocycles. The van der Waals surface area contributed by atoms with Gasteiger partial charge in [0.1, 0.15) is 0 Å². The molecule has 1 heteroatoms. The molecule has 1 aliphatic carbocycles. The first-order valence-corrected chi connectivity index (χ1v) is 5.95. The van der Waals surface area contributed by atoms with E-state index in [4.69, 9.17) is 0 Å². The lowest BCUT2D eigenvalue weighted by molar-refractivity contribution is 0.0854. The molecule has 1 aliphatic rings. The van der Waals surface area contributed by atoms with E-state index in [2.05, 4.69) is 13.0 Å². The minimum Gasteiger partial charge on any atom is -0.294 e. The van der Waals surface area contributed by atoms with Crippen LogP contribution in [0.5, 0.6) is 0 Å². The average molecular weight is 202 g/mol. The van der Waals surface area contributed by atoms with Crippen molar-refractivity contribution in [3.63, 3.8) is 0 Å². The van der Waals surface area contributed by atoms with Crippen molar-refractivity contribution in [2.75, 3.05) is 0 Å². The van der Waals surface area contributed by atoms with Gasteiger partial charge in [0.05, 0.1) is 0 Å². The fourth-order valence-corrected chi connectivity index (χ4v) is 2.14. The van der Waals surface area contributed by atoms with E-state index in [9.17, 15) is 4.79 Å². The van der Waals surface area contributed by atoms with Crippen molar-refractivity contribution in [2.45, 2.75) is 39.0 Å².